The van der Waals surface area contributed by atoms with E-state index in [9.17, 15) is 9.18 Å². The molecule has 1 aliphatic rings. The van der Waals surface area contributed by atoms with E-state index in [0.717, 1.165) is 35.0 Å². The Kier molecular flexibility index (Phi) is 4.90. The maximum absolute atomic E-state index is 13.1. The fourth-order valence-corrected chi connectivity index (χ4v) is 4.18. The van der Waals surface area contributed by atoms with Crippen molar-refractivity contribution in [3.63, 3.8) is 0 Å². The third-order valence-electron chi connectivity index (χ3n) is 3.29. The van der Waals surface area contributed by atoms with Crippen LogP contribution in [0.4, 0.5) is 9.52 Å². The molecule has 2 aromatic rings. The number of thioether (sulfide) groups is 1. The molecule has 2 heterocycles. The average Bonchev–Trinajstić information content (AvgIpc) is 3.13. The number of likely N-dealkylation sites (tertiary alicyclic amines) is 1. The quantitative estimate of drug-likeness (QED) is 0.854. The predicted molar refractivity (Wildman–Crippen MR) is 94.1 cm³/mol. The molecule has 1 fully saturated rings. The van der Waals surface area contributed by atoms with Gasteiger partial charge in [0.25, 0.3) is 0 Å². The fraction of sp³-hybridized carbons (Fsp3) is 0.357. The van der Waals surface area contributed by atoms with E-state index in [4.69, 9.17) is 12.2 Å². The van der Waals surface area contributed by atoms with Gasteiger partial charge in [0.15, 0.2) is 5.13 Å². The van der Waals surface area contributed by atoms with Crippen LogP contribution < -0.4 is 5.32 Å². The van der Waals surface area contributed by atoms with Gasteiger partial charge < -0.3 is 10.2 Å². The van der Waals surface area contributed by atoms with Gasteiger partial charge in [0, 0.05) is 13.1 Å². The SMILES string of the molecule is O=C(CSC(=S)N1CCCC1)Nc1nc2ccc(F)cc2s1. The highest BCUT2D eigenvalue weighted by Crippen LogP contribution is 2.26. The number of fused-ring (bicyclic) bond motifs is 1. The van der Waals surface area contributed by atoms with Gasteiger partial charge in [0.1, 0.15) is 10.1 Å². The maximum atomic E-state index is 13.1. The molecule has 1 amide bonds. The van der Waals surface area contributed by atoms with Gasteiger partial charge in [-0.15, -0.1) is 0 Å². The molecular formula is C14H14FN3OS3. The summed E-state index contributed by atoms with van der Waals surface area (Å²) < 4.78 is 14.6. The zero-order valence-corrected chi connectivity index (χ0v) is 14.1. The van der Waals surface area contributed by atoms with Crippen molar-refractivity contribution in [2.24, 2.45) is 0 Å². The summed E-state index contributed by atoms with van der Waals surface area (Å²) >= 11 is 7.95. The molecule has 0 aliphatic carbocycles. The van der Waals surface area contributed by atoms with Crippen LogP contribution >= 0.6 is 35.3 Å². The molecule has 0 atom stereocenters. The summed E-state index contributed by atoms with van der Waals surface area (Å²) in [6.07, 6.45) is 2.32. The first-order valence-corrected chi connectivity index (χ1v) is 9.10. The molecule has 0 bridgehead atoms. The largest absolute Gasteiger partial charge is 0.358 e. The lowest BCUT2D eigenvalue weighted by atomic mass is 10.3. The molecule has 4 nitrogen and oxygen atoms in total. The molecule has 8 heteroatoms. The summed E-state index contributed by atoms with van der Waals surface area (Å²) in [5, 5.41) is 3.23. The highest BCUT2D eigenvalue weighted by Gasteiger charge is 2.16. The number of nitrogens with one attached hydrogen (secondary N) is 1. The van der Waals surface area contributed by atoms with Crippen LogP contribution in [0, 0.1) is 5.82 Å². The van der Waals surface area contributed by atoms with Gasteiger partial charge in [-0.05, 0) is 31.0 Å². The molecule has 1 N–H and O–H groups in total. The number of aromatic nitrogens is 1. The monoisotopic (exact) mass is 355 g/mol. The molecule has 22 heavy (non-hydrogen) atoms. The van der Waals surface area contributed by atoms with Gasteiger partial charge in [-0.25, -0.2) is 9.37 Å². The normalized spacial score (nSPS) is 14.5. The number of benzene rings is 1. The number of hydrogen-bond donors (Lipinski definition) is 1. The number of halogens is 1. The van der Waals surface area contributed by atoms with E-state index in [1.807, 2.05) is 0 Å². The Labute approximate surface area is 141 Å². The second kappa shape index (κ2) is 6.89. The second-order valence-electron chi connectivity index (χ2n) is 4.93. The number of hydrogen-bond acceptors (Lipinski definition) is 5. The molecule has 116 valence electrons. The summed E-state index contributed by atoms with van der Waals surface area (Å²) in [7, 11) is 0. The van der Waals surface area contributed by atoms with Crippen LogP contribution in [0.25, 0.3) is 10.2 Å². The van der Waals surface area contributed by atoms with Crippen LogP contribution in [-0.4, -0.2) is 39.0 Å². The van der Waals surface area contributed by atoms with Crippen LogP contribution in [-0.2, 0) is 4.79 Å². The summed E-state index contributed by atoms with van der Waals surface area (Å²) in [6.45, 7) is 1.97. The Morgan fingerprint density at radius 3 is 3.00 bits per heavy atom. The van der Waals surface area contributed by atoms with Gasteiger partial charge in [0.05, 0.1) is 16.0 Å². The lowest BCUT2D eigenvalue weighted by Gasteiger charge is -2.17. The van der Waals surface area contributed by atoms with Crippen LogP contribution in [0.3, 0.4) is 0 Å². The van der Waals surface area contributed by atoms with Crippen LogP contribution in [0.1, 0.15) is 12.8 Å². The van der Waals surface area contributed by atoms with Crippen molar-refractivity contribution in [3.8, 4) is 0 Å². The van der Waals surface area contributed by atoms with Crippen molar-refractivity contribution in [3.05, 3.63) is 24.0 Å². The Bertz CT molecular complexity index is 712. The summed E-state index contributed by atoms with van der Waals surface area (Å²) in [4.78, 5) is 18.4. The first-order chi connectivity index (χ1) is 10.6. The molecule has 1 aliphatic heterocycles. The van der Waals surface area contributed by atoms with Gasteiger partial charge in [-0.2, -0.15) is 0 Å². The molecule has 3 rings (SSSR count). The number of rotatable bonds is 3. The van der Waals surface area contributed by atoms with Crippen molar-refractivity contribution in [2.45, 2.75) is 12.8 Å². The minimum atomic E-state index is -0.305. The highest BCUT2D eigenvalue weighted by atomic mass is 32.2. The zero-order valence-electron chi connectivity index (χ0n) is 11.7. The molecular weight excluding hydrogens is 341 g/mol. The Balaban J connectivity index is 1.55. The lowest BCUT2D eigenvalue weighted by molar-refractivity contribution is -0.113. The third kappa shape index (κ3) is 3.74. The summed E-state index contributed by atoms with van der Waals surface area (Å²) in [5.41, 5.74) is 0.682. The average molecular weight is 355 g/mol. The van der Waals surface area contributed by atoms with Crippen molar-refractivity contribution in [2.75, 3.05) is 24.2 Å². The van der Waals surface area contributed by atoms with Gasteiger partial charge >= 0.3 is 0 Å². The second-order valence-corrected chi connectivity index (χ2v) is 7.57. The minimum Gasteiger partial charge on any atom is -0.358 e. The van der Waals surface area contributed by atoms with Crippen LogP contribution in [0.5, 0.6) is 0 Å². The van der Waals surface area contributed by atoms with Gasteiger partial charge in [-0.1, -0.05) is 35.3 Å². The van der Waals surface area contributed by atoms with E-state index >= 15 is 0 Å². The van der Waals surface area contributed by atoms with Gasteiger partial charge in [0.2, 0.25) is 5.91 Å². The van der Waals surface area contributed by atoms with Crippen molar-refractivity contribution < 1.29 is 9.18 Å². The number of thiocarbonyl (C=S) groups is 1. The molecule has 0 radical (unpaired) electrons. The number of thiazole rings is 1. The number of anilines is 1. The lowest BCUT2D eigenvalue weighted by Crippen LogP contribution is -2.25. The number of carbonyl (C=O) groups is 1. The van der Waals surface area contributed by atoms with Crippen LogP contribution in [0.15, 0.2) is 18.2 Å². The molecule has 0 unspecified atom stereocenters. The zero-order chi connectivity index (χ0) is 15.5. The van der Waals surface area contributed by atoms with Gasteiger partial charge in [-0.3, -0.25) is 4.79 Å². The Hall–Kier alpha value is -1.25. The van der Waals surface area contributed by atoms with E-state index in [1.165, 1.54) is 35.2 Å². The van der Waals surface area contributed by atoms with Crippen LogP contribution in [0.2, 0.25) is 0 Å². The predicted octanol–water partition coefficient (Wildman–Crippen LogP) is 3.49. The summed E-state index contributed by atoms with van der Waals surface area (Å²) in [6, 6.07) is 4.38. The first kappa shape index (κ1) is 15.6. The maximum Gasteiger partial charge on any atom is 0.236 e. The number of nitrogens with zero attached hydrogens (tertiary/aromatic N) is 2. The molecule has 1 saturated heterocycles. The molecule has 1 aromatic carbocycles. The van der Waals surface area contributed by atoms with E-state index < -0.39 is 0 Å². The van der Waals surface area contributed by atoms with Crippen molar-refractivity contribution in [1.29, 1.82) is 0 Å². The van der Waals surface area contributed by atoms with E-state index in [2.05, 4.69) is 15.2 Å². The molecule has 1 aromatic heterocycles. The van der Waals surface area contributed by atoms with E-state index in [-0.39, 0.29) is 17.5 Å². The number of amides is 1. The standard InChI is InChI=1S/C14H14FN3OS3/c15-9-3-4-10-11(7-9)22-13(16-10)17-12(19)8-21-14(20)18-5-1-2-6-18/h3-4,7H,1-2,5-6,8H2,(H,16,17,19). The Morgan fingerprint density at radius 2 is 2.23 bits per heavy atom. The van der Waals surface area contributed by atoms with E-state index in [1.54, 1.807) is 6.07 Å². The Morgan fingerprint density at radius 1 is 1.45 bits per heavy atom. The third-order valence-corrected chi connectivity index (χ3v) is 5.74. The fourth-order valence-electron chi connectivity index (χ4n) is 2.23. The molecule has 0 spiro atoms. The topological polar surface area (TPSA) is 45.2 Å². The molecule has 0 saturated carbocycles. The highest BCUT2D eigenvalue weighted by molar-refractivity contribution is 8.23. The van der Waals surface area contributed by atoms with Crippen molar-refractivity contribution >= 4 is 60.9 Å². The summed E-state index contributed by atoms with van der Waals surface area (Å²) in [5.74, 6) is -0.189. The minimum absolute atomic E-state index is 0.147. The first-order valence-electron chi connectivity index (χ1n) is 6.89. The van der Waals surface area contributed by atoms with E-state index in [0.29, 0.717) is 10.6 Å². The number of carbonyl (C=O) groups excluding carboxylic acids is 1. The van der Waals surface area contributed by atoms with Crippen molar-refractivity contribution in [1.82, 2.24) is 9.88 Å². The smallest absolute Gasteiger partial charge is 0.236 e.